The maximum Gasteiger partial charge on any atom is 0.255 e. The van der Waals surface area contributed by atoms with Gasteiger partial charge in [-0.05, 0) is 30.7 Å². The number of phenols is 2. The van der Waals surface area contributed by atoms with E-state index < -0.39 is 0 Å². The van der Waals surface area contributed by atoms with Crippen LogP contribution in [-0.2, 0) is 0 Å². The number of aromatic hydroxyl groups is 2. The molecule has 1 aromatic heterocycles. The zero-order valence-corrected chi connectivity index (χ0v) is 13.6. The maximum atomic E-state index is 12.6. The molecule has 3 rings (SSSR count). The molecule has 2 N–H and O–H groups in total. The van der Waals surface area contributed by atoms with Gasteiger partial charge >= 0.3 is 0 Å². The van der Waals surface area contributed by atoms with Crippen molar-refractivity contribution in [3.05, 3.63) is 53.9 Å². The zero-order valence-electron chi connectivity index (χ0n) is 13.6. The van der Waals surface area contributed by atoms with Gasteiger partial charge in [-0.1, -0.05) is 0 Å². The van der Waals surface area contributed by atoms with Gasteiger partial charge in [0.1, 0.15) is 11.5 Å². The normalized spacial score (nSPS) is 14.9. The van der Waals surface area contributed by atoms with E-state index in [-0.39, 0.29) is 28.9 Å². The van der Waals surface area contributed by atoms with Gasteiger partial charge in [-0.15, -0.1) is 0 Å². The van der Waals surface area contributed by atoms with E-state index in [0.29, 0.717) is 38.2 Å². The number of benzene rings is 1. The summed E-state index contributed by atoms with van der Waals surface area (Å²) >= 11 is 0. The van der Waals surface area contributed by atoms with Gasteiger partial charge in [0, 0.05) is 50.2 Å². The molecule has 25 heavy (non-hydrogen) atoms. The first-order valence-electron chi connectivity index (χ1n) is 8.06. The first-order valence-corrected chi connectivity index (χ1v) is 8.06. The molecule has 0 atom stereocenters. The van der Waals surface area contributed by atoms with Gasteiger partial charge in [-0.3, -0.25) is 14.6 Å². The molecule has 2 aromatic rings. The van der Waals surface area contributed by atoms with Crippen LogP contribution in [0.3, 0.4) is 0 Å². The molecule has 1 aromatic carbocycles. The average Bonchev–Trinajstić information content (AvgIpc) is 2.86. The molecule has 0 unspecified atom stereocenters. The number of hydrogen-bond donors (Lipinski definition) is 2. The van der Waals surface area contributed by atoms with Gasteiger partial charge < -0.3 is 20.0 Å². The summed E-state index contributed by atoms with van der Waals surface area (Å²) in [4.78, 5) is 32.4. The lowest BCUT2D eigenvalue weighted by atomic mass is 10.1. The van der Waals surface area contributed by atoms with Crippen molar-refractivity contribution in [2.75, 3.05) is 26.2 Å². The van der Waals surface area contributed by atoms with Crippen molar-refractivity contribution >= 4 is 11.8 Å². The molecule has 0 spiro atoms. The Bertz CT molecular complexity index is 759. The molecule has 0 bridgehead atoms. The topological polar surface area (TPSA) is 94.0 Å². The maximum absolute atomic E-state index is 12.6. The molecular formula is C18H19N3O4. The summed E-state index contributed by atoms with van der Waals surface area (Å²) in [5, 5.41) is 19.1. The Hall–Kier alpha value is -3.09. The van der Waals surface area contributed by atoms with E-state index in [9.17, 15) is 19.8 Å². The molecule has 2 amide bonds. The molecule has 1 fully saturated rings. The molecule has 2 heterocycles. The van der Waals surface area contributed by atoms with Crippen LogP contribution in [0.4, 0.5) is 0 Å². The van der Waals surface area contributed by atoms with E-state index in [1.807, 2.05) is 0 Å². The molecule has 1 aliphatic rings. The summed E-state index contributed by atoms with van der Waals surface area (Å²) < 4.78 is 0. The minimum Gasteiger partial charge on any atom is -0.508 e. The number of nitrogens with zero attached hydrogens (tertiary/aromatic N) is 3. The van der Waals surface area contributed by atoms with Crippen LogP contribution in [0.15, 0.2) is 42.7 Å². The van der Waals surface area contributed by atoms with Gasteiger partial charge in [0.15, 0.2) is 0 Å². The van der Waals surface area contributed by atoms with E-state index >= 15 is 0 Å². The van der Waals surface area contributed by atoms with Gasteiger partial charge in [0.25, 0.3) is 11.8 Å². The molecule has 1 saturated heterocycles. The number of aromatic nitrogens is 1. The third-order valence-corrected chi connectivity index (χ3v) is 4.13. The summed E-state index contributed by atoms with van der Waals surface area (Å²) in [7, 11) is 0. The number of carbonyl (C=O) groups excluding carboxylic acids is 2. The van der Waals surface area contributed by atoms with Crippen molar-refractivity contribution in [2.45, 2.75) is 6.42 Å². The Morgan fingerprint density at radius 2 is 1.48 bits per heavy atom. The third-order valence-electron chi connectivity index (χ3n) is 4.13. The molecule has 0 radical (unpaired) electrons. The highest BCUT2D eigenvalue weighted by Gasteiger charge is 2.24. The minimum atomic E-state index is -0.276. The molecule has 7 heteroatoms. The van der Waals surface area contributed by atoms with E-state index in [0.717, 1.165) is 0 Å². The number of amides is 2. The second-order valence-electron chi connectivity index (χ2n) is 5.92. The number of phenolic OH excluding ortho intramolecular Hbond substituents is 2. The highest BCUT2D eigenvalue weighted by molar-refractivity contribution is 5.96. The molecule has 0 aliphatic carbocycles. The van der Waals surface area contributed by atoms with Crippen molar-refractivity contribution in [1.82, 2.24) is 14.8 Å². The van der Waals surface area contributed by atoms with E-state index in [1.54, 1.807) is 28.1 Å². The van der Waals surface area contributed by atoms with Crippen LogP contribution in [0.5, 0.6) is 11.5 Å². The lowest BCUT2D eigenvalue weighted by molar-refractivity contribution is 0.0718. The lowest BCUT2D eigenvalue weighted by Crippen LogP contribution is -2.37. The molecule has 1 aliphatic heterocycles. The number of carbonyl (C=O) groups is 2. The van der Waals surface area contributed by atoms with Gasteiger partial charge in [-0.2, -0.15) is 0 Å². The quantitative estimate of drug-likeness (QED) is 0.863. The monoisotopic (exact) mass is 341 g/mol. The first-order chi connectivity index (χ1) is 12.0. The lowest BCUT2D eigenvalue weighted by Gasteiger charge is -2.22. The van der Waals surface area contributed by atoms with Crippen molar-refractivity contribution in [3.8, 4) is 11.5 Å². The standard InChI is InChI=1S/C18H19N3O4/c22-15-9-14(10-16(23)11-15)18(25)21-6-2-5-20(7-8-21)17(24)13-3-1-4-19-12-13/h1,3-4,9-12,22-23H,2,5-8H2. The third kappa shape index (κ3) is 3.88. The highest BCUT2D eigenvalue weighted by Crippen LogP contribution is 2.22. The van der Waals surface area contributed by atoms with E-state index in [4.69, 9.17) is 0 Å². The first kappa shape index (κ1) is 16.8. The van der Waals surface area contributed by atoms with Crippen LogP contribution in [0.1, 0.15) is 27.1 Å². The van der Waals surface area contributed by atoms with Crippen LogP contribution in [0.2, 0.25) is 0 Å². The summed E-state index contributed by atoms with van der Waals surface area (Å²) in [6.07, 6.45) is 3.80. The highest BCUT2D eigenvalue weighted by atomic mass is 16.3. The fourth-order valence-corrected chi connectivity index (χ4v) is 2.90. The molecule has 130 valence electrons. The second-order valence-corrected chi connectivity index (χ2v) is 5.92. The largest absolute Gasteiger partial charge is 0.508 e. The average molecular weight is 341 g/mol. The Morgan fingerprint density at radius 1 is 0.880 bits per heavy atom. The Morgan fingerprint density at radius 3 is 2.04 bits per heavy atom. The zero-order chi connectivity index (χ0) is 17.8. The Balaban J connectivity index is 1.69. The minimum absolute atomic E-state index is 0.0996. The van der Waals surface area contributed by atoms with Gasteiger partial charge in [-0.25, -0.2) is 0 Å². The number of rotatable bonds is 2. The number of hydrogen-bond acceptors (Lipinski definition) is 5. The number of pyridine rings is 1. The fourth-order valence-electron chi connectivity index (χ4n) is 2.90. The van der Waals surface area contributed by atoms with Crippen molar-refractivity contribution in [1.29, 1.82) is 0 Å². The van der Waals surface area contributed by atoms with Crippen molar-refractivity contribution in [2.24, 2.45) is 0 Å². The summed E-state index contributed by atoms with van der Waals surface area (Å²) in [6.45, 7) is 1.88. The smallest absolute Gasteiger partial charge is 0.255 e. The van der Waals surface area contributed by atoms with Crippen LogP contribution >= 0.6 is 0 Å². The van der Waals surface area contributed by atoms with Crippen LogP contribution < -0.4 is 0 Å². The molecule has 0 saturated carbocycles. The predicted octanol–water partition coefficient (Wildman–Crippen LogP) is 1.48. The Kier molecular flexibility index (Phi) is 4.83. The van der Waals surface area contributed by atoms with Crippen LogP contribution in [0.25, 0.3) is 0 Å². The Labute approximate surface area is 145 Å². The van der Waals surface area contributed by atoms with Crippen LogP contribution in [0, 0.1) is 0 Å². The van der Waals surface area contributed by atoms with Crippen molar-refractivity contribution in [3.63, 3.8) is 0 Å². The molecular weight excluding hydrogens is 322 g/mol. The predicted molar refractivity (Wildman–Crippen MR) is 90.4 cm³/mol. The summed E-state index contributed by atoms with van der Waals surface area (Å²) in [5.74, 6) is -0.697. The van der Waals surface area contributed by atoms with Gasteiger partial charge in [0.2, 0.25) is 0 Å². The van der Waals surface area contributed by atoms with E-state index in [2.05, 4.69) is 4.98 Å². The SMILES string of the molecule is O=C(c1cccnc1)N1CCCN(C(=O)c2cc(O)cc(O)c2)CC1. The van der Waals surface area contributed by atoms with Gasteiger partial charge in [0.05, 0.1) is 5.56 Å². The summed E-state index contributed by atoms with van der Waals surface area (Å²) in [5.41, 5.74) is 0.754. The molecule has 7 nitrogen and oxygen atoms in total. The second kappa shape index (κ2) is 7.21. The fraction of sp³-hybridized carbons (Fsp3) is 0.278. The van der Waals surface area contributed by atoms with Crippen LogP contribution in [-0.4, -0.2) is 63.0 Å². The summed E-state index contributed by atoms with van der Waals surface area (Å²) in [6, 6.07) is 7.26. The van der Waals surface area contributed by atoms with Crippen molar-refractivity contribution < 1.29 is 19.8 Å². The van der Waals surface area contributed by atoms with E-state index in [1.165, 1.54) is 24.4 Å².